The Bertz CT molecular complexity index is 708. The Kier molecular flexibility index (Phi) is 1.48. The van der Waals surface area contributed by atoms with Gasteiger partial charge in [-0.2, -0.15) is 0 Å². The van der Waals surface area contributed by atoms with Gasteiger partial charge in [0.15, 0.2) is 0 Å². The Balaban J connectivity index is 2.77. The monoisotopic (exact) mass is 199 g/mol. The van der Waals surface area contributed by atoms with E-state index >= 15 is 0 Å². The van der Waals surface area contributed by atoms with Crippen molar-refractivity contribution in [2.24, 2.45) is 7.05 Å². The zero-order valence-corrected chi connectivity index (χ0v) is 8.21. The van der Waals surface area contributed by atoms with Crippen molar-refractivity contribution in [1.82, 2.24) is 14.0 Å². The van der Waals surface area contributed by atoms with Gasteiger partial charge in [0.25, 0.3) is 5.56 Å². The lowest BCUT2D eigenvalue weighted by Gasteiger charge is -2.05. The molecule has 15 heavy (non-hydrogen) atoms. The van der Waals surface area contributed by atoms with E-state index in [9.17, 15) is 4.79 Å². The molecule has 0 unspecified atom stereocenters. The average molecular weight is 199 g/mol. The van der Waals surface area contributed by atoms with Crippen LogP contribution in [0.5, 0.6) is 0 Å². The van der Waals surface area contributed by atoms with Crippen LogP contribution in [0.3, 0.4) is 0 Å². The first-order chi connectivity index (χ1) is 7.29. The summed E-state index contributed by atoms with van der Waals surface area (Å²) < 4.78 is 3.52. The molecular formula is C11H9N3O. The van der Waals surface area contributed by atoms with Crippen LogP contribution in [-0.2, 0) is 7.05 Å². The lowest BCUT2D eigenvalue weighted by atomic mass is 10.2. The summed E-state index contributed by atoms with van der Waals surface area (Å²) in [7, 11) is 1.76. The standard InChI is InChI=1S/C11H9N3O/c1-13-10-6-12-7-14(10)9-5-3-2-4-8(9)11(13)15/h2-7H,1H3. The second-order valence-electron chi connectivity index (χ2n) is 3.50. The summed E-state index contributed by atoms with van der Waals surface area (Å²) >= 11 is 0. The van der Waals surface area contributed by atoms with Crippen LogP contribution in [0, 0.1) is 0 Å². The predicted molar refractivity (Wildman–Crippen MR) is 57.9 cm³/mol. The fourth-order valence-corrected chi connectivity index (χ4v) is 1.87. The lowest BCUT2D eigenvalue weighted by Crippen LogP contribution is -2.19. The van der Waals surface area contributed by atoms with E-state index in [4.69, 9.17) is 0 Å². The first kappa shape index (κ1) is 8.23. The third kappa shape index (κ3) is 0.958. The molecule has 4 heteroatoms. The van der Waals surface area contributed by atoms with E-state index in [2.05, 4.69) is 4.98 Å². The molecule has 0 aliphatic rings. The smallest absolute Gasteiger partial charge is 0.261 e. The van der Waals surface area contributed by atoms with Gasteiger partial charge in [-0.25, -0.2) is 4.98 Å². The molecule has 1 aromatic carbocycles. The fourth-order valence-electron chi connectivity index (χ4n) is 1.87. The van der Waals surface area contributed by atoms with Gasteiger partial charge in [-0.05, 0) is 12.1 Å². The highest BCUT2D eigenvalue weighted by atomic mass is 16.1. The maximum Gasteiger partial charge on any atom is 0.261 e. The molecule has 0 atom stereocenters. The molecular weight excluding hydrogens is 190 g/mol. The highest BCUT2D eigenvalue weighted by Crippen LogP contribution is 2.11. The summed E-state index contributed by atoms with van der Waals surface area (Å²) in [5, 5.41) is 0.713. The molecule has 0 amide bonds. The van der Waals surface area contributed by atoms with Crippen LogP contribution in [-0.4, -0.2) is 14.0 Å². The number of aromatic nitrogens is 3. The topological polar surface area (TPSA) is 39.3 Å². The Morgan fingerprint density at radius 2 is 2.07 bits per heavy atom. The van der Waals surface area contributed by atoms with Gasteiger partial charge in [-0.15, -0.1) is 0 Å². The van der Waals surface area contributed by atoms with Gasteiger partial charge < -0.3 is 0 Å². The van der Waals surface area contributed by atoms with Crippen LogP contribution in [0.25, 0.3) is 16.6 Å². The summed E-state index contributed by atoms with van der Waals surface area (Å²) in [5.74, 6) is 0. The molecule has 2 aromatic heterocycles. The van der Waals surface area contributed by atoms with E-state index in [-0.39, 0.29) is 5.56 Å². The molecule has 0 bridgehead atoms. The zero-order valence-electron chi connectivity index (χ0n) is 8.21. The molecule has 74 valence electrons. The Morgan fingerprint density at radius 1 is 1.27 bits per heavy atom. The second kappa shape index (κ2) is 2.70. The largest absolute Gasteiger partial charge is 0.296 e. The average Bonchev–Trinajstić information content (AvgIpc) is 2.75. The summed E-state index contributed by atoms with van der Waals surface area (Å²) in [6, 6.07) is 7.54. The maximum atomic E-state index is 12.0. The Hall–Kier alpha value is -2.10. The number of fused-ring (bicyclic) bond motifs is 3. The number of nitrogens with zero attached hydrogens (tertiary/aromatic N) is 3. The third-order valence-corrected chi connectivity index (χ3v) is 2.66. The highest BCUT2D eigenvalue weighted by Gasteiger charge is 2.06. The molecule has 0 aliphatic carbocycles. The number of para-hydroxylation sites is 1. The molecule has 0 aliphatic heterocycles. The highest BCUT2D eigenvalue weighted by molar-refractivity contribution is 5.80. The van der Waals surface area contributed by atoms with Crippen LogP contribution >= 0.6 is 0 Å². The molecule has 0 N–H and O–H groups in total. The van der Waals surface area contributed by atoms with Crippen LogP contribution in [0.4, 0.5) is 0 Å². The van der Waals surface area contributed by atoms with Gasteiger partial charge in [-0.3, -0.25) is 13.8 Å². The summed E-state index contributed by atoms with van der Waals surface area (Å²) in [5.41, 5.74) is 1.71. The van der Waals surface area contributed by atoms with Gasteiger partial charge in [-0.1, -0.05) is 12.1 Å². The third-order valence-electron chi connectivity index (χ3n) is 2.66. The van der Waals surface area contributed by atoms with Gasteiger partial charge in [0.2, 0.25) is 0 Å². The number of rotatable bonds is 0. The Labute approximate surface area is 85.4 Å². The summed E-state index contributed by atoms with van der Waals surface area (Å²) in [4.78, 5) is 16.0. The summed E-state index contributed by atoms with van der Waals surface area (Å²) in [6.45, 7) is 0. The van der Waals surface area contributed by atoms with E-state index in [1.165, 1.54) is 0 Å². The number of hydrogen-bond donors (Lipinski definition) is 0. The van der Waals surface area contributed by atoms with Gasteiger partial charge in [0.1, 0.15) is 12.0 Å². The van der Waals surface area contributed by atoms with E-state index in [0.717, 1.165) is 11.2 Å². The molecule has 0 saturated carbocycles. The van der Waals surface area contributed by atoms with Gasteiger partial charge >= 0.3 is 0 Å². The first-order valence-corrected chi connectivity index (χ1v) is 4.69. The van der Waals surface area contributed by atoms with Crippen LogP contribution < -0.4 is 5.56 Å². The van der Waals surface area contributed by atoms with Crippen LogP contribution in [0.15, 0.2) is 41.6 Å². The van der Waals surface area contributed by atoms with Crippen molar-refractivity contribution in [1.29, 1.82) is 0 Å². The Morgan fingerprint density at radius 3 is 2.93 bits per heavy atom. The molecule has 4 nitrogen and oxygen atoms in total. The van der Waals surface area contributed by atoms with Crippen LogP contribution in [0.2, 0.25) is 0 Å². The van der Waals surface area contributed by atoms with Crippen molar-refractivity contribution in [3.63, 3.8) is 0 Å². The first-order valence-electron chi connectivity index (χ1n) is 4.69. The van der Waals surface area contributed by atoms with Crippen molar-refractivity contribution in [2.45, 2.75) is 0 Å². The molecule has 3 aromatic rings. The lowest BCUT2D eigenvalue weighted by molar-refractivity contribution is 0.882. The number of benzene rings is 1. The quantitative estimate of drug-likeness (QED) is 0.545. The minimum Gasteiger partial charge on any atom is -0.296 e. The minimum atomic E-state index is 0.0126. The maximum absolute atomic E-state index is 12.0. The molecule has 0 spiro atoms. The van der Waals surface area contributed by atoms with E-state index in [1.54, 1.807) is 24.1 Å². The molecule has 3 rings (SSSR count). The molecule has 0 fully saturated rings. The van der Waals surface area contributed by atoms with E-state index < -0.39 is 0 Å². The van der Waals surface area contributed by atoms with Gasteiger partial charge in [0, 0.05) is 7.05 Å². The molecule has 0 radical (unpaired) electrons. The number of imidazole rings is 1. The van der Waals surface area contributed by atoms with Crippen molar-refractivity contribution in [3.05, 3.63) is 47.1 Å². The second-order valence-corrected chi connectivity index (χ2v) is 3.50. The summed E-state index contributed by atoms with van der Waals surface area (Å²) in [6.07, 6.45) is 3.41. The van der Waals surface area contributed by atoms with E-state index in [0.29, 0.717) is 5.39 Å². The zero-order chi connectivity index (χ0) is 10.4. The molecule has 0 saturated heterocycles. The van der Waals surface area contributed by atoms with Crippen molar-refractivity contribution < 1.29 is 0 Å². The minimum absolute atomic E-state index is 0.0126. The van der Waals surface area contributed by atoms with Gasteiger partial charge in [0.05, 0.1) is 17.1 Å². The van der Waals surface area contributed by atoms with Crippen molar-refractivity contribution >= 4 is 16.6 Å². The van der Waals surface area contributed by atoms with Crippen molar-refractivity contribution in [3.8, 4) is 0 Å². The SMILES string of the molecule is Cn1c(=O)c2ccccc2n2cncc12. The normalized spacial score (nSPS) is 11.3. The van der Waals surface area contributed by atoms with E-state index in [1.807, 2.05) is 28.7 Å². The van der Waals surface area contributed by atoms with Crippen molar-refractivity contribution in [2.75, 3.05) is 0 Å². The predicted octanol–water partition coefficient (Wildman–Crippen LogP) is 1.19. The number of hydrogen-bond acceptors (Lipinski definition) is 2. The van der Waals surface area contributed by atoms with Crippen LogP contribution in [0.1, 0.15) is 0 Å². The fraction of sp³-hybridized carbons (Fsp3) is 0.0909. The molecule has 2 heterocycles. The number of aryl methyl sites for hydroxylation is 1.